The van der Waals surface area contributed by atoms with Gasteiger partial charge in [-0.3, -0.25) is 34.4 Å². The van der Waals surface area contributed by atoms with Gasteiger partial charge < -0.3 is 4.57 Å². The molecule has 0 aliphatic carbocycles. The number of fused-ring (bicyclic) bond motifs is 1. The third kappa shape index (κ3) is 3.76. The molecule has 11 heteroatoms. The smallest absolute Gasteiger partial charge is 0.313 e. The minimum absolute atomic E-state index is 0.00157. The van der Waals surface area contributed by atoms with E-state index in [9.17, 15) is 19.2 Å². The summed E-state index contributed by atoms with van der Waals surface area (Å²) in [7, 11) is 2.96. The molecule has 2 amide bonds. The summed E-state index contributed by atoms with van der Waals surface area (Å²) in [5, 5.41) is 0.466. The summed E-state index contributed by atoms with van der Waals surface area (Å²) >= 11 is 1.13. The van der Waals surface area contributed by atoms with Crippen LogP contribution in [-0.2, 0) is 30.2 Å². The van der Waals surface area contributed by atoms with Crippen molar-refractivity contribution in [3.05, 3.63) is 20.8 Å². The summed E-state index contributed by atoms with van der Waals surface area (Å²) < 4.78 is 4.06. The second-order valence-electron chi connectivity index (χ2n) is 5.44. The molecule has 0 unspecified atom stereocenters. The van der Waals surface area contributed by atoms with Crippen molar-refractivity contribution in [1.29, 1.82) is 0 Å². The quantitative estimate of drug-likeness (QED) is 0.521. The van der Waals surface area contributed by atoms with Crippen molar-refractivity contribution in [2.24, 2.45) is 14.1 Å². The fourth-order valence-electron chi connectivity index (χ4n) is 2.29. The molecule has 0 bridgehead atoms. The van der Waals surface area contributed by atoms with Crippen LogP contribution < -0.4 is 22.1 Å². The Labute approximate surface area is 147 Å². The van der Waals surface area contributed by atoms with Crippen LogP contribution in [0.3, 0.4) is 0 Å². The lowest BCUT2D eigenvalue weighted by molar-refractivity contribution is -0.126. The molecule has 2 aromatic rings. The van der Waals surface area contributed by atoms with Crippen LogP contribution in [-0.4, -0.2) is 36.3 Å². The van der Waals surface area contributed by atoms with Crippen molar-refractivity contribution in [3.63, 3.8) is 0 Å². The lowest BCUT2D eigenvalue weighted by Gasteiger charge is -2.08. The van der Waals surface area contributed by atoms with Crippen LogP contribution in [0, 0.1) is 0 Å². The molecule has 2 N–H and O–H groups in total. The second kappa shape index (κ2) is 7.55. The zero-order chi connectivity index (χ0) is 18.7. The van der Waals surface area contributed by atoms with Gasteiger partial charge in [0.15, 0.2) is 16.3 Å². The van der Waals surface area contributed by atoms with E-state index in [2.05, 4.69) is 15.8 Å². The number of rotatable bonds is 5. The maximum Gasteiger partial charge on any atom is 0.332 e. The molecular weight excluding hydrogens is 348 g/mol. The standard InChI is InChI=1S/C14H20N6O4S/c1-5-6-20-10-11(18(3)14(24)19(4)12(10)23)15-13(20)25-7-9(22)17-16-8(2)21/h5-7H2,1-4H3,(H,16,21)(H,17,22). The number of nitrogens with zero attached hydrogens (tertiary/aromatic N) is 4. The highest BCUT2D eigenvalue weighted by atomic mass is 32.2. The highest BCUT2D eigenvalue weighted by molar-refractivity contribution is 7.99. The molecule has 2 aromatic heterocycles. The minimum Gasteiger partial charge on any atom is -0.313 e. The molecule has 0 saturated carbocycles. The van der Waals surface area contributed by atoms with Crippen molar-refractivity contribution in [2.45, 2.75) is 32.0 Å². The van der Waals surface area contributed by atoms with Gasteiger partial charge >= 0.3 is 5.69 Å². The molecule has 25 heavy (non-hydrogen) atoms. The highest BCUT2D eigenvalue weighted by Gasteiger charge is 2.19. The predicted molar refractivity (Wildman–Crippen MR) is 93.2 cm³/mol. The lowest BCUT2D eigenvalue weighted by Crippen LogP contribution is -2.41. The number of aryl methyl sites for hydroxylation is 2. The molecule has 10 nitrogen and oxygen atoms in total. The average Bonchev–Trinajstić information content (AvgIpc) is 2.93. The van der Waals surface area contributed by atoms with Crippen molar-refractivity contribution < 1.29 is 9.59 Å². The van der Waals surface area contributed by atoms with E-state index in [4.69, 9.17) is 0 Å². The summed E-state index contributed by atoms with van der Waals surface area (Å²) in [5.74, 6) is -0.783. The topological polar surface area (TPSA) is 120 Å². The van der Waals surface area contributed by atoms with E-state index in [1.165, 1.54) is 18.5 Å². The fourth-order valence-corrected chi connectivity index (χ4v) is 3.11. The molecule has 0 radical (unpaired) electrons. The Balaban J connectivity index is 2.41. The number of hydrogen-bond acceptors (Lipinski definition) is 6. The number of thioether (sulfide) groups is 1. The van der Waals surface area contributed by atoms with E-state index in [1.807, 2.05) is 6.92 Å². The SMILES string of the molecule is CCCn1c(SCC(=O)NNC(C)=O)nc2c1c(=O)n(C)c(=O)n2C. The first-order chi connectivity index (χ1) is 11.8. The van der Waals surface area contributed by atoms with Crippen LogP contribution in [0.15, 0.2) is 14.7 Å². The van der Waals surface area contributed by atoms with E-state index in [1.54, 1.807) is 11.6 Å². The van der Waals surface area contributed by atoms with E-state index in [0.29, 0.717) is 17.2 Å². The van der Waals surface area contributed by atoms with Crippen molar-refractivity contribution in [1.82, 2.24) is 29.5 Å². The number of imidazole rings is 1. The number of hydrazine groups is 1. The summed E-state index contributed by atoms with van der Waals surface area (Å²) in [6.45, 7) is 3.76. The highest BCUT2D eigenvalue weighted by Crippen LogP contribution is 2.21. The zero-order valence-corrected chi connectivity index (χ0v) is 15.3. The van der Waals surface area contributed by atoms with Gasteiger partial charge in [0.1, 0.15) is 0 Å². The molecule has 0 aliphatic heterocycles. The third-order valence-electron chi connectivity index (χ3n) is 3.47. The molecule has 0 aliphatic rings. The Morgan fingerprint density at radius 2 is 1.84 bits per heavy atom. The van der Waals surface area contributed by atoms with E-state index in [-0.39, 0.29) is 17.3 Å². The Morgan fingerprint density at radius 1 is 1.16 bits per heavy atom. The Bertz CT molecular complexity index is 941. The summed E-state index contributed by atoms with van der Waals surface area (Å²) in [4.78, 5) is 51.5. The number of amides is 2. The number of carbonyl (C=O) groups is 2. The van der Waals surface area contributed by atoms with Crippen LogP contribution in [0.5, 0.6) is 0 Å². The predicted octanol–water partition coefficient (Wildman–Crippen LogP) is -0.897. The average molecular weight is 368 g/mol. The molecule has 0 aromatic carbocycles. The number of aromatic nitrogens is 4. The number of carbonyl (C=O) groups excluding carboxylic acids is 2. The second-order valence-corrected chi connectivity index (χ2v) is 6.38. The minimum atomic E-state index is -0.460. The Kier molecular flexibility index (Phi) is 5.67. The molecular formula is C14H20N6O4S. The van der Waals surface area contributed by atoms with Gasteiger partial charge in [0.05, 0.1) is 5.75 Å². The van der Waals surface area contributed by atoms with Gasteiger partial charge in [0.2, 0.25) is 11.8 Å². The zero-order valence-electron chi connectivity index (χ0n) is 14.5. The van der Waals surface area contributed by atoms with E-state index in [0.717, 1.165) is 22.7 Å². The van der Waals surface area contributed by atoms with Gasteiger partial charge in [0.25, 0.3) is 5.56 Å². The third-order valence-corrected chi connectivity index (χ3v) is 4.45. The number of nitrogens with one attached hydrogen (secondary N) is 2. The van der Waals surface area contributed by atoms with Crippen LogP contribution in [0.4, 0.5) is 0 Å². The maximum absolute atomic E-state index is 12.5. The normalized spacial score (nSPS) is 10.9. The molecule has 136 valence electrons. The molecule has 0 spiro atoms. The van der Waals surface area contributed by atoms with E-state index >= 15 is 0 Å². The molecule has 2 heterocycles. The Morgan fingerprint density at radius 3 is 2.44 bits per heavy atom. The summed E-state index contributed by atoms with van der Waals surface area (Å²) in [5.41, 5.74) is 4.20. The number of hydrogen-bond donors (Lipinski definition) is 2. The van der Waals surface area contributed by atoms with Gasteiger partial charge in [0, 0.05) is 27.6 Å². The van der Waals surface area contributed by atoms with Gasteiger partial charge in [-0.15, -0.1) is 0 Å². The van der Waals surface area contributed by atoms with Crippen molar-refractivity contribution in [2.75, 3.05) is 5.75 Å². The van der Waals surface area contributed by atoms with Crippen LogP contribution >= 0.6 is 11.8 Å². The first-order valence-corrected chi connectivity index (χ1v) is 8.61. The first-order valence-electron chi connectivity index (χ1n) is 7.62. The first kappa shape index (κ1) is 18.8. The Hall–Kier alpha value is -2.56. The largest absolute Gasteiger partial charge is 0.332 e. The van der Waals surface area contributed by atoms with Gasteiger partial charge in [-0.2, -0.15) is 0 Å². The van der Waals surface area contributed by atoms with E-state index < -0.39 is 17.2 Å². The van der Waals surface area contributed by atoms with Gasteiger partial charge in [-0.1, -0.05) is 18.7 Å². The summed E-state index contributed by atoms with van der Waals surface area (Å²) in [6, 6.07) is 0. The molecule has 0 atom stereocenters. The molecule has 2 rings (SSSR count). The maximum atomic E-state index is 12.5. The summed E-state index contributed by atoms with van der Waals surface area (Å²) in [6.07, 6.45) is 0.753. The van der Waals surface area contributed by atoms with Crippen molar-refractivity contribution in [3.8, 4) is 0 Å². The molecule has 0 saturated heterocycles. The monoisotopic (exact) mass is 368 g/mol. The van der Waals surface area contributed by atoms with Gasteiger partial charge in [-0.05, 0) is 6.42 Å². The van der Waals surface area contributed by atoms with Crippen LogP contribution in [0.2, 0.25) is 0 Å². The van der Waals surface area contributed by atoms with Crippen molar-refractivity contribution >= 4 is 34.7 Å². The fraction of sp³-hybridized carbons (Fsp3) is 0.500. The molecule has 0 fully saturated rings. The lowest BCUT2D eigenvalue weighted by atomic mass is 10.4. The van der Waals surface area contributed by atoms with Gasteiger partial charge in [-0.25, -0.2) is 9.78 Å². The van der Waals surface area contributed by atoms with Crippen LogP contribution in [0.25, 0.3) is 11.2 Å². The van der Waals surface area contributed by atoms with Crippen LogP contribution in [0.1, 0.15) is 20.3 Å².